The molecule has 6 heteroatoms. The molecule has 1 heterocycles. The fourth-order valence-corrected chi connectivity index (χ4v) is 2.73. The third-order valence-electron chi connectivity index (χ3n) is 3.71. The van der Waals surface area contributed by atoms with Crippen LogP contribution >= 0.6 is 15.9 Å². The number of hydrogen-bond donors (Lipinski definition) is 0. The summed E-state index contributed by atoms with van der Waals surface area (Å²) in [5, 5.41) is 0. The first-order valence-corrected chi connectivity index (χ1v) is 8.38. The fourth-order valence-electron chi connectivity index (χ4n) is 2.47. The lowest BCUT2D eigenvalue weighted by atomic mass is 10.2. The topological polar surface area (TPSA) is 48.0 Å². The third-order valence-corrected chi connectivity index (χ3v) is 4.24. The van der Waals surface area contributed by atoms with Crippen LogP contribution in [0, 0.1) is 0 Å². The molecule has 2 aromatic rings. The smallest absolute Gasteiger partial charge is 0.263 e. The number of hydrogen-bond acceptors (Lipinski definition) is 4. The highest BCUT2D eigenvalue weighted by molar-refractivity contribution is 9.10. The van der Waals surface area contributed by atoms with Crippen LogP contribution in [0.4, 0.5) is 0 Å². The third kappa shape index (κ3) is 3.82. The van der Waals surface area contributed by atoms with E-state index in [0.29, 0.717) is 18.0 Å². The minimum Gasteiger partial charge on any atom is -0.481 e. The van der Waals surface area contributed by atoms with Gasteiger partial charge in [-0.3, -0.25) is 4.79 Å². The van der Waals surface area contributed by atoms with Gasteiger partial charge in [0.25, 0.3) is 5.91 Å². The van der Waals surface area contributed by atoms with E-state index in [9.17, 15) is 4.79 Å². The highest BCUT2D eigenvalue weighted by Gasteiger charge is 2.20. The lowest BCUT2D eigenvalue weighted by Crippen LogP contribution is -2.37. The second-order valence-corrected chi connectivity index (χ2v) is 6.51. The van der Waals surface area contributed by atoms with Crippen molar-refractivity contribution in [1.29, 1.82) is 0 Å². The van der Waals surface area contributed by atoms with E-state index < -0.39 is 6.10 Å². The average molecular weight is 392 g/mol. The molecule has 3 rings (SSSR count). The summed E-state index contributed by atoms with van der Waals surface area (Å²) in [4.78, 5) is 14.1. The maximum Gasteiger partial charge on any atom is 0.263 e. The number of ether oxygens (including phenoxy) is 3. The van der Waals surface area contributed by atoms with Crippen molar-refractivity contribution in [2.24, 2.45) is 0 Å². The number of fused-ring (bicyclic) bond motifs is 1. The van der Waals surface area contributed by atoms with E-state index in [1.807, 2.05) is 42.5 Å². The zero-order chi connectivity index (χ0) is 17.1. The Kier molecular flexibility index (Phi) is 4.94. The van der Waals surface area contributed by atoms with Crippen molar-refractivity contribution in [3.8, 4) is 17.2 Å². The predicted molar refractivity (Wildman–Crippen MR) is 93.3 cm³/mol. The van der Waals surface area contributed by atoms with Gasteiger partial charge >= 0.3 is 0 Å². The van der Waals surface area contributed by atoms with E-state index in [-0.39, 0.29) is 12.7 Å². The minimum absolute atomic E-state index is 0.0874. The van der Waals surface area contributed by atoms with Crippen LogP contribution in [0.15, 0.2) is 46.9 Å². The Morgan fingerprint density at radius 2 is 1.92 bits per heavy atom. The zero-order valence-electron chi connectivity index (χ0n) is 13.5. The van der Waals surface area contributed by atoms with E-state index in [1.165, 1.54) is 0 Å². The second kappa shape index (κ2) is 7.13. The van der Waals surface area contributed by atoms with Gasteiger partial charge in [0, 0.05) is 18.1 Å². The van der Waals surface area contributed by atoms with Crippen molar-refractivity contribution < 1.29 is 19.0 Å². The molecule has 0 spiro atoms. The maximum atomic E-state index is 12.5. The Labute approximate surface area is 149 Å². The number of carbonyl (C=O) groups excluding carboxylic acids is 1. The second-order valence-electron chi connectivity index (χ2n) is 5.60. The highest BCUT2D eigenvalue weighted by Crippen LogP contribution is 2.32. The largest absolute Gasteiger partial charge is 0.481 e. The zero-order valence-corrected chi connectivity index (χ0v) is 15.1. The molecule has 0 aromatic heterocycles. The van der Waals surface area contributed by atoms with E-state index in [2.05, 4.69) is 15.9 Å². The lowest BCUT2D eigenvalue weighted by Gasteiger charge is -2.22. The van der Waals surface area contributed by atoms with Crippen molar-refractivity contribution in [2.45, 2.75) is 19.6 Å². The van der Waals surface area contributed by atoms with Crippen LogP contribution in [0.2, 0.25) is 0 Å². The predicted octanol–water partition coefficient (Wildman–Crippen LogP) is 3.60. The first kappa shape index (κ1) is 16.6. The minimum atomic E-state index is -0.565. The molecule has 0 saturated heterocycles. The summed E-state index contributed by atoms with van der Waals surface area (Å²) >= 11 is 3.37. The molecule has 1 unspecified atom stereocenters. The Morgan fingerprint density at radius 1 is 1.21 bits per heavy atom. The number of amides is 1. The molecule has 1 aliphatic rings. The molecule has 1 amide bonds. The van der Waals surface area contributed by atoms with E-state index in [1.54, 1.807) is 18.9 Å². The van der Waals surface area contributed by atoms with Crippen molar-refractivity contribution in [2.75, 3.05) is 13.8 Å². The Bertz CT molecular complexity index is 732. The normalized spacial score (nSPS) is 13.5. The summed E-state index contributed by atoms with van der Waals surface area (Å²) in [5.74, 6) is 2.03. The molecule has 0 N–H and O–H groups in total. The van der Waals surface area contributed by atoms with Gasteiger partial charge in [0.05, 0.1) is 0 Å². The molecular weight excluding hydrogens is 374 g/mol. The molecule has 0 bridgehead atoms. The number of halogens is 1. The van der Waals surface area contributed by atoms with Crippen LogP contribution in [-0.2, 0) is 11.3 Å². The summed E-state index contributed by atoms with van der Waals surface area (Å²) in [6.45, 7) is 2.47. The molecule has 0 aliphatic carbocycles. The summed E-state index contributed by atoms with van der Waals surface area (Å²) in [6, 6.07) is 13.1. The molecular formula is C18H18BrNO4. The standard InChI is InChI=1S/C18H18BrNO4/c1-12(24-15-6-4-14(19)5-7-15)18(21)20(2)10-13-3-8-16-17(9-13)23-11-22-16/h3-9,12H,10-11H2,1-2H3. The molecule has 24 heavy (non-hydrogen) atoms. The number of benzene rings is 2. The molecule has 126 valence electrons. The van der Waals surface area contributed by atoms with Gasteiger partial charge in [-0.1, -0.05) is 22.0 Å². The summed E-state index contributed by atoms with van der Waals surface area (Å²) in [7, 11) is 1.76. The van der Waals surface area contributed by atoms with Crippen LogP contribution in [0.1, 0.15) is 12.5 Å². The summed E-state index contributed by atoms with van der Waals surface area (Å²) < 4.78 is 17.3. The van der Waals surface area contributed by atoms with Crippen LogP contribution in [0.25, 0.3) is 0 Å². The van der Waals surface area contributed by atoms with Crippen molar-refractivity contribution >= 4 is 21.8 Å². The number of nitrogens with zero attached hydrogens (tertiary/aromatic N) is 1. The van der Waals surface area contributed by atoms with Crippen LogP contribution in [0.3, 0.4) is 0 Å². The molecule has 0 radical (unpaired) electrons. The van der Waals surface area contributed by atoms with Gasteiger partial charge in [0.2, 0.25) is 6.79 Å². The highest BCUT2D eigenvalue weighted by atomic mass is 79.9. The van der Waals surface area contributed by atoms with Gasteiger partial charge < -0.3 is 19.1 Å². The SMILES string of the molecule is CC(Oc1ccc(Br)cc1)C(=O)N(C)Cc1ccc2c(c1)OCO2. The van der Waals surface area contributed by atoms with E-state index >= 15 is 0 Å². The Balaban J connectivity index is 1.60. The fraction of sp³-hybridized carbons (Fsp3) is 0.278. The van der Waals surface area contributed by atoms with Crippen molar-refractivity contribution in [1.82, 2.24) is 4.90 Å². The average Bonchev–Trinajstić information content (AvgIpc) is 3.03. The summed E-state index contributed by atoms with van der Waals surface area (Å²) in [6.07, 6.45) is -0.565. The van der Waals surface area contributed by atoms with Gasteiger partial charge in [-0.2, -0.15) is 0 Å². The Hall–Kier alpha value is -2.21. The Morgan fingerprint density at radius 3 is 2.67 bits per heavy atom. The van der Waals surface area contributed by atoms with Crippen LogP contribution in [-0.4, -0.2) is 30.8 Å². The van der Waals surface area contributed by atoms with Gasteiger partial charge in [-0.05, 0) is 48.9 Å². The van der Waals surface area contributed by atoms with E-state index in [4.69, 9.17) is 14.2 Å². The molecule has 0 saturated carbocycles. The number of rotatable bonds is 5. The molecule has 2 aromatic carbocycles. The quantitative estimate of drug-likeness (QED) is 0.780. The first-order chi connectivity index (χ1) is 11.5. The molecule has 1 atom stereocenters. The summed E-state index contributed by atoms with van der Waals surface area (Å²) in [5.41, 5.74) is 0.978. The van der Waals surface area contributed by atoms with Gasteiger partial charge in [-0.25, -0.2) is 0 Å². The van der Waals surface area contributed by atoms with Crippen molar-refractivity contribution in [3.63, 3.8) is 0 Å². The van der Waals surface area contributed by atoms with Gasteiger partial charge in [0.15, 0.2) is 17.6 Å². The molecule has 5 nitrogen and oxygen atoms in total. The van der Waals surface area contributed by atoms with Crippen LogP contribution in [0.5, 0.6) is 17.2 Å². The maximum absolute atomic E-state index is 12.5. The molecule has 0 fully saturated rings. The first-order valence-electron chi connectivity index (χ1n) is 7.58. The lowest BCUT2D eigenvalue weighted by molar-refractivity contribution is -0.137. The van der Waals surface area contributed by atoms with E-state index in [0.717, 1.165) is 15.8 Å². The monoisotopic (exact) mass is 391 g/mol. The molecule has 1 aliphatic heterocycles. The van der Waals surface area contributed by atoms with Crippen molar-refractivity contribution in [3.05, 3.63) is 52.5 Å². The van der Waals surface area contributed by atoms with Crippen LogP contribution < -0.4 is 14.2 Å². The number of carbonyl (C=O) groups is 1. The number of likely N-dealkylation sites (N-methyl/N-ethyl adjacent to an activating group) is 1. The van der Waals surface area contributed by atoms with Gasteiger partial charge in [-0.15, -0.1) is 0 Å². The van der Waals surface area contributed by atoms with Gasteiger partial charge in [0.1, 0.15) is 5.75 Å².